The molecule has 1 N–H and O–H groups in total. The predicted octanol–water partition coefficient (Wildman–Crippen LogP) is 3.71. The number of nitrogens with one attached hydrogen (secondary N) is 1. The molecule has 1 unspecified atom stereocenters. The summed E-state index contributed by atoms with van der Waals surface area (Å²) in [6, 6.07) is 7.22. The van der Waals surface area contributed by atoms with Gasteiger partial charge in [0, 0.05) is 12.5 Å². The van der Waals surface area contributed by atoms with Gasteiger partial charge >= 0.3 is 0 Å². The van der Waals surface area contributed by atoms with Gasteiger partial charge in [0.15, 0.2) is 0 Å². The van der Waals surface area contributed by atoms with Gasteiger partial charge in [0.25, 0.3) is 0 Å². The Labute approximate surface area is 112 Å². The second kappa shape index (κ2) is 4.98. The summed E-state index contributed by atoms with van der Waals surface area (Å²) in [6.45, 7) is 5.66. The van der Waals surface area contributed by atoms with Crippen LogP contribution in [0.1, 0.15) is 43.2 Å². The molecular weight excluding hydrogens is 240 g/mol. The molecule has 1 aromatic heterocycles. The van der Waals surface area contributed by atoms with Crippen molar-refractivity contribution < 1.29 is 0 Å². The fourth-order valence-corrected chi connectivity index (χ4v) is 3.79. The van der Waals surface area contributed by atoms with Gasteiger partial charge in [-0.15, -0.1) is 11.3 Å². The van der Waals surface area contributed by atoms with E-state index in [4.69, 9.17) is 4.98 Å². The quantitative estimate of drug-likeness (QED) is 0.910. The Morgan fingerprint density at radius 1 is 1.44 bits per heavy atom. The van der Waals surface area contributed by atoms with Gasteiger partial charge in [0.2, 0.25) is 0 Å². The molecule has 1 aromatic carbocycles. The average molecular weight is 260 g/mol. The van der Waals surface area contributed by atoms with Gasteiger partial charge in [0.1, 0.15) is 0 Å². The molecule has 1 aliphatic heterocycles. The maximum Gasteiger partial charge on any atom is 0.0954 e. The molecule has 3 rings (SSSR count). The number of para-hydroxylation sites is 1. The molecule has 0 amide bonds. The van der Waals surface area contributed by atoms with Crippen molar-refractivity contribution >= 4 is 21.6 Å². The lowest BCUT2D eigenvalue weighted by atomic mass is 10.0. The lowest BCUT2D eigenvalue weighted by Crippen LogP contribution is -2.23. The molecule has 0 bridgehead atoms. The molecule has 96 valence electrons. The maximum absolute atomic E-state index is 4.88. The largest absolute Gasteiger partial charge is 0.314 e. The first-order valence-electron chi connectivity index (χ1n) is 6.86. The maximum atomic E-state index is 4.88. The fourth-order valence-electron chi connectivity index (χ4n) is 2.71. The van der Waals surface area contributed by atoms with E-state index in [0.717, 1.165) is 6.42 Å². The number of benzene rings is 1. The zero-order valence-corrected chi connectivity index (χ0v) is 11.9. The van der Waals surface area contributed by atoms with Gasteiger partial charge in [-0.05, 0) is 36.9 Å². The molecule has 1 aliphatic rings. The number of aromatic nitrogens is 1. The molecule has 2 aromatic rings. The SMILES string of the molecule is CC(C)c1cccc2sc(CC3CCCN3)nc12. The minimum atomic E-state index is 0.549. The van der Waals surface area contributed by atoms with Crippen LogP contribution in [0.2, 0.25) is 0 Å². The summed E-state index contributed by atoms with van der Waals surface area (Å²) in [4.78, 5) is 4.88. The number of hydrogen-bond donors (Lipinski definition) is 1. The molecule has 2 nitrogen and oxygen atoms in total. The van der Waals surface area contributed by atoms with Gasteiger partial charge in [-0.3, -0.25) is 0 Å². The first-order chi connectivity index (χ1) is 8.74. The van der Waals surface area contributed by atoms with Crippen molar-refractivity contribution in [3.05, 3.63) is 28.8 Å². The fraction of sp³-hybridized carbons (Fsp3) is 0.533. The van der Waals surface area contributed by atoms with E-state index in [2.05, 4.69) is 37.4 Å². The Kier molecular flexibility index (Phi) is 3.35. The summed E-state index contributed by atoms with van der Waals surface area (Å²) in [7, 11) is 0. The molecule has 1 fully saturated rings. The molecule has 0 spiro atoms. The highest BCUT2D eigenvalue weighted by Gasteiger charge is 2.17. The summed E-state index contributed by atoms with van der Waals surface area (Å²) >= 11 is 1.86. The number of rotatable bonds is 3. The second-order valence-electron chi connectivity index (χ2n) is 5.45. The minimum absolute atomic E-state index is 0.549. The lowest BCUT2D eigenvalue weighted by molar-refractivity contribution is 0.602. The smallest absolute Gasteiger partial charge is 0.0954 e. The van der Waals surface area contributed by atoms with Crippen LogP contribution in [0, 0.1) is 0 Å². The normalized spacial score (nSPS) is 20.1. The predicted molar refractivity (Wildman–Crippen MR) is 78.4 cm³/mol. The third kappa shape index (κ3) is 2.29. The summed E-state index contributed by atoms with van der Waals surface area (Å²) in [5.74, 6) is 0.549. The van der Waals surface area contributed by atoms with Gasteiger partial charge < -0.3 is 5.32 Å². The summed E-state index contributed by atoms with van der Waals surface area (Å²) in [5, 5.41) is 4.84. The first kappa shape index (κ1) is 12.1. The van der Waals surface area contributed by atoms with Crippen molar-refractivity contribution in [1.82, 2.24) is 10.3 Å². The molecule has 0 saturated carbocycles. The van der Waals surface area contributed by atoms with Crippen molar-refractivity contribution in [3.8, 4) is 0 Å². The highest BCUT2D eigenvalue weighted by atomic mass is 32.1. The van der Waals surface area contributed by atoms with E-state index < -0.39 is 0 Å². The zero-order valence-electron chi connectivity index (χ0n) is 11.1. The van der Waals surface area contributed by atoms with Crippen LogP contribution in [0.4, 0.5) is 0 Å². The van der Waals surface area contributed by atoms with Crippen molar-refractivity contribution in [1.29, 1.82) is 0 Å². The van der Waals surface area contributed by atoms with Crippen molar-refractivity contribution in [2.24, 2.45) is 0 Å². The monoisotopic (exact) mass is 260 g/mol. The van der Waals surface area contributed by atoms with Crippen molar-refractivity contribution in [3.63, 3.8) is 0 Å². The average Bonchev–Trinajstić information content (AvgIpc) is 2.96. The van der Waals surface area contributed by atoms with Gasteiger partial charge in [0.05, 0.1) is 15.2 Å². The van der Waals surface area contributed by atoms with Crippen LogP contribution >= 0.6 is 11.3 Å². The van der Waals surface area contributed by atoms with Gasteiger partial charge in [-0.1, -0.05) is 26.0 Å². The van der Waals surface area contributed by atoms with Crippen molar-refractivity contribution in [2.75, 3.05) is 6.54 Å². The van der Waals surface area contributed by atoms with E-state index in [1.165, 1.54) is 40.2 Å². The number of thiazole rings is 1. The Balaban J connectivity index is 1.92. The summed E-state index contributed by atoms with van der Waals surface area (Å²) in [5.41, 5.74) is 2.61. The molecule has 18 heavy (non-hydrogen) atoms. The molecular formula is C15H20N2S. The Hall–Kier alpha value is -0.930. The molecule has 1 atom stereocenters. The van der Waals surface area contributed by atoms with E-state index in [9.17, 15) is 0 Å². The van der Waals surface area contributed by atoms with Gasteiger partial charge in [-0.2, -0.15) is 0 Å². The van der Waals surface area contributed by atoms with Crippen LogP contribution in [0.15, 0.2) is 18.2 Å². The number of hydrogen-bond acceptors (Lipinski definition) is 3. The van der Waals surface area contributed by atoms with E-state index in [1.54, 1.807) is 0 Å². The minimum Gasteiger partial charge on any atom is -0.314 e. The Bertz CT molecular complexity index is 538. The van der Waals surface area contributed by atoms with Crippen LogP contribution in [-0.4, -0.2) is 17.6 Å². The Morgan fingerprint density at radius 3 is 3.06 bits per heavy atom. The van der Waals surface area contributed by atoms with Gasteiger partial charge in [-0.25, -0.2) is 4.98 Å². The van der Waals surface area contributed by atoms with Crippen LogP contribution in [0.3, 0.4) is 0 Å². The molecule has 2 heterocycles. The lowest BCUT2D eigenvalue weighted by Gasteiger charge is -2.06. The first-order valence-corrected chi connectivity index (χ1v) is 7.67. The van der Waals surface area contributed by atoms with Crippen molar-refractivity contribution in [2.45, 2.75) is 45.1 Å². The third-order valence-corrected chi connectivity index (χ3v) is 4.74. The van der Waals surface area contributed by atoms with Crippen LogP contribution in [0.5, 0.6) is 0 Å². The topological polar surface area (TPSA) is 24.9 Å². The number of nitrogens with zero attached hydrogens (tertiary/aromatic N) is 1. The van der Waals surface area contributed by atoms with E-state index >= 15 is 0 Å². The zero-order chi connectivity index (χ0) is 12.5. The second-order valence-corrected chi connectivity index (χ2v) is 6.57. The van der Waals surface area contributed by atoms with E-state index in [-0.39, 0.29) is 0 Å². The highest BCUT2D eigenvalue weighted by Crippen LogP contribution is 2.30. The summed E-state index contributed by atoms with van der Waals surface area (Å²) in [6.07, 6.45) is 3.71. The highest BCUT2D eigenvalue weighted by molar-refractivity contribution is 7.18. The molecule has 0 radical (unpaired) electrons. The molecule has 1 saturated heterocycles. The number of fused-ring (bicyclic) bond motifs is 1. The van der Waals surface area contributed by atoms with Crippen LogP contribution in [-0.2, 0) is 6.42 Å². The standard InChI is InChI=1S/C15H20N2S/c1-10(2)12-6-3-7-13-15(12)17-14(18-13)9-11-5-4-8-16-11/h3,6-7,10-11,16H,4-5,8-9H2,1-2H3. The third-order valence-electron chi connectivity index (χ3n) is 3.70. The Morgan fingerprint density at radius 2 is 2.33 bits per heavy atom. The van der Waals surface area contributed by atoms with Crippen LogP contribution in [0.25, 0.3) is 10.2 Å². The summed E-state index contributed by atoms with van der Waals surface area (Å²) < 4.78 is 1.34. The van der Waals surface area contributed by atoms with E-state index in [1.807, 2.05) is 11.3 Å². The molecule has 0 aliphatic carbocycles. The molecule has 3 heteroatoms. The van der Waals surface area contributed by atoms with E-state index in [0.29, 0.717) is 12.0 Å². The van der Waals surface area contributed by atoms with Crippen LogP contribution < -0.4 is 5.32 Å².